The van der Waals surface area contributed by atoms with Crippen LogP contribution in [-0.4, -0.2) is 62.7 Å². The molecule has 0 aliphatic rings. The van der Waals surface area contributed by atoms with Gasteiger partial charge in [-0.1, -0.05) is 49.7 Å². The van der Waals surface area contributed by atoms with Gasteiger partial charge in [-0.15, -0.1) is 0 Å². The molecule has 0 saturated heterocycles. The lowest BCUT2D eigenvalue weighted by molar-refractivity contribution is -0.139. The monoisotopic (exact) mass is 536 g/mol. The van der Waals surface area contributed by atoms with Crippen LogP contribution in [0.1, 0.15) is 37.5 Å². The number of anilines is 1. The van der Waals surface area contributed by atoms with Gasteiger partial charge in [0, 0.05) is 32.2 Å². The van der Waals surface area contributed by atoms with Crippen LogP contribution in [0, 0.1) is 19.8 Å². The first-order chi connectivity index (χ1) is 16.7. The SMILES string of the molecule is Cc1ccc(C)c(N(CC(=O)N(Cc2cccc(Cl)c2)C(C)C(=O)NCC(C)C)S(=O)(=O)N(C)C)c1. The largest absolute Gasteiger partial charge is 0.354 e. The van der Waals surface area contributed by atoms with Gasteiger partial charge < -0.3 is 10.2 Å². The number of aryl methyl sites for hydroxylation is 2. The average molecular weight is 537 g/mol. The van der Waals surface area contributed by atoms with E-state index < -0.39 is 28.7 Å². The highest BCUT2D eigenvalue weighted by molar-refractivity contribution is 7.90. The minimum atomic E-state index is -4.01. The van der Waals surface area contributed by atoms with Crippen molar-refractivity contribution < 1.29 is 18.0 Å². The average Bonchev–Trinajstić information content (AvgIpc) is 2.80. The van der Waals surface area contributed by atoms with Crippen LogP contribution in [0.5, 0.6) is 0 Å². The molecule has 1 atom stereocenters. The molecule has 0 aliphatic heterocycles. The van der Waals surface area contributed by atoms with E-state index in [-0.39, 0.29) is 18.4 Å². The van der Waals surface area contributed by atoms with E-state index in [1.165, 1.54) is 19.0 Å². The fourth-order valence-corrected chi connectivity index (χ4v) is 4.88. The number of hydrogen-bond donors (Lipinski definition) is 1. The van der Waals surface area contributed by atoms with Crippen LogP contribution < -0.4 is 9.62 Å². The van der Waals surface area contributed by atoms with Gasteiger partial charge in [0.25, 0.3) is 0 Å². The van der Waals surface area contributed by atoms with Crippen LogP contribution in [0.2, 0.25) is 5.02 Å². The number of benzene rings is 2. The molecule has 1 unspecified atom stereocenters. The van der Waals surface area contributed by atoms with E-state index in [0.717, 1.165) is 19.7 Å². The molecule has 10 heteroatoms. The summed E-state index contributed by atoms with van der Waals surface area (Å²) in [6, 6.07) is 11.6. The highest BCUT2D eigenvalue weighted by Gasteiger charge is 2.33. The Balaban J connectivity index is 2.49. The number of rotatable bonds is 11. The summed E-state index contributed by atoms with van der Waals surface area (Å²) in [5, 5.41) is 3.37. The van der Waals surface area contributed by atoms with E-state index in [9.17, 15) is 18.0 Å². The number of nitrogens with one attached hydrogen (secondary N) is 1. The van der Waals surface area contributed by atoms with Crippen LogP contribution in [0.25, 0.3) is 0 Å². The highest BCUT2D eigenvalue weighted by atomic mass is 35.5. The zero-order chi connectivity index (χ0) is 27.2. The number of hydrogen-bond acceptors (Lipinski definition) is 4. The van der Waals surface area contributed by atoms with Gasteiger partial charge in [-0.05, 0) is 61.6 Å². The van der Waals surface area contributed by atoms with Gasteiger partial charge in [-0.2, -0.15) is 12.7 Å². The summed E-state index contributed by atoms with van der Waals surface area (Å²) < 4.78 is 28.8. The van der Waals surface area contributed by atoms with Gasteiger partial charge in [-0.3, -0.25) is 9.59 Å². The van der Waals surface area contributed by atoms with Gasteiger partial charge in [0.2, 0.25) is 11.8 Å². The van der Waals surface area contributed by atoms with Gasteiger partial charge in [0.1, 0.15) is 12.6 Å². The molecule has 2 aromatic carbocycles. The molecule has 198 valence electrons. The van der Waals surface area contributed by atoms with Crippen molar-refractivity contribution in [2.45, 2.75) is 47.2 Å². The van der Waals surface area contributed by atoms with E-state index in [2.05, 4.69) is 5.32 Å². The lowest BCUT2D eigenvalue weighted by Crippen LogP contribution is -2.52. The Morgan fingerprint density at radius 2 is 1.69 bits per heavy atom. The van der Waals surface area contributed by atoms with Gasteiger partial charge in [-0.25, -0.2) is 4.31 Å². The zero-order valence-corrected chi connectivity index (χ0v) is 23.7. The molecule has 2 rings (SSSR count). The molecule has 0 heterocycles. The van der Waals surface area contributed by atoms with Crippen molar-refractivity contribution in [3.05, 3.63) is 64.2 Å². The van der Waals surface area contributed by atoms with Gasteiger partial charge in [0.15, 0.2) is 0 Å². The molecule has 0 radical (unpaired) electrons. The topological polar surface area (TPSA) is 90.0 Å². The Bertz CT molecular complexity index is 1180. The second-order valence-corrected chi connectivity index (χ2v) is 12.1. The van der Waals surface area contributed by atoms with E-state index in [0.29, 0.717) is 22.8 Å². The lowest BCUT2D eigenvalue weighted by atomic mass is 10.1. The summed E-state index contributed by atoms with van der Waals surface area (Å²) in [6.45, 7) is 9.35. The van der Waals surface area contributed by atoms with Crippen molar-refractivity contribution in [1.82, 2.24) is 14.5 Å². The predicted octanol–water partition coefficient (Wildman–Crippen LogP) is 3.76. The fraction of sp³-hybridized carbons (Fsp3) is 0.462. The number of carbonyl (C=O) groups is 2. The first-order valence-electron chi connectivity index (χ1n) is 11.8. The fourth-order valence-electron chi connectivity index (χ4n) is 3.56. The minimum Gasteiger partial charge on any atom is -0.354 e. The molecular formula is C26H37ClN4O4S. The molecule has 0 aromatic heterocycles. The van der Waals surface area contributed by atoms with E-state index >= 15 is 0 Å². The Morgan fingerprint density at radius 3 is 2.28 bits per heavy atom. The molecule has 0 spiro atoms. The number of carbonyl (C=O) groups excluding carboxylic acids is 2. The minimum absolute atomic E-state index is 0.0955. The van der Waals surface area contributed by atoms with Crippen LogP contribution >= 0.6 is 11.6 Å². The first-order valence-corrected chi connectivity index (χ1v) is 13.6. The van der Waals surface area contributed by atoms with Crippen molar-refractivity contribution in [2.75, 3.05) is 31.5 Å². The first kappa shape index (κ1) is 29.6. The van der Waals surface area contributed by atoms with E-state index in [1.54, 1.807) is 38.1 Å². The maximum absolute atomic E-state index is 13.8. The molecule has 0 aliphatic carbocycles. The second kappa shape index (κ2) is 12.6. The third-order valence-corrected chi connectivity index (χ3v) is 7.79. The third-order valence-electron chi connectivity index (χ3n) is 5.75. The summed E-state index contributed by atoms with van der Waals surface area (Å²) in [4.78, 5) is 28.1. The van der Waals surface area contributed by atoms with Gasteiger partial charge in [0.05, 0.1) is 5.69 Å². The van der Waals surface area contributed by atoms with Crippen LogP contribution in [0.15, 0.2) is 42.5 Å². The Morgan fingerprint density at radius 1 is 1.03 bits per heavy atom. The van der Waals surface area contributed by atoms with E-state index in [1.807, 2.05) is 39.0 Å². The summed E-state index contributed by atoms with van der Waals surface area (Å²) in [5.41, 5.74) is 2.71. The van der Waals surface area contributed by atoms with Crippen LogP contribution in [0.4, 0.5) is 5.69 Å². The summed E-state index contributed by atoms with van der Waals surface area (Å²) in [7, 11) is -1.17. The van der Waals surface area contributed by atoms with E-state index in [4.69, 9.17) is 11.6 Å². The summed E-state index contributed by atoms with van der Waals surface area (Å²) >= 11 is 6.15. The molecule has 8 nitrogen and oxygen atoms in total. The van der Waals surface area contributed by atoms with Crippen molar-refractivity contribution in [3.8, 4) is 0 Å². The molecule has 0 saturated carbocycles. The predicted molar refractivity (Wildman–Crippen MR) is 145 cm³/mol. The number of nitrogens with zero attached hydrogens (tertiary/aromatic N) is 3. The summed E-state index contributed by atoms with van der Waals surface area (Å²) in [5.74, 6) is -0.579. The Labute approximate surface area is 220 Å². The third kappa shape index (κ3) is 7.69. The van der Waals surface area contributed by atoms with Crippen molar-refractivity contribution in [1.29, 1.82) is 0 Å². The van der Waals surface area contributed by atoms with Crippen LogP contribution in [0.3, 0.4) is 0 Å². The smallest absolute Gasteiger partial charge is 0.304 e. The maximum Gasteiger partial charge on any atom is 0.304 e. The molecule has 0 fully saturated rings. The number of amides is 2. The molecule has 2 amide bonds. The normalized spacial score (nSPS) is 12.5. The van der Waals surface area contributed by atoms with Gasteiger partial charge >= 0.3 is 10.2 Å². The quantitative estimate of drug-likeness (QED) is 0.473. The Hall–Kier alpha value is -2.62. The standard InChI is InChI=1S/C26H37ClN4O4S/c1-18(2)15-28-26(33)21(5)30(16-22-9-8-10-23(27)14-22)25(32)17-31(36(34,35)29(6)7)24-13-19(3)11-12-20(24)4/h8-14,18,21H,15-17H2,1-7H3,(H,28,33). The van der Waals surface area contributed by atoms with Crippen molar-refractivity contribution in [3.63, 3.8) is 0 Å². The van der Waals surface area contributed by atoms with Crippen molar-refractivity contribution >= 4 is 39.3 Å². The second-order valence-electron chi connectivity index (χ2n) is 9.55. The molecule has 0 bridgehead atoms. The lowest BCUT2D eigenvalue weighted by Gasteiger charge is -2.33. The maximum atomic E-state index is 13.8. The Kier molecular flexibility index (Phi) is 10.3. The zero-order valence-electron chi connectivity index (χ0n) is 22.1. The van der Waals surface area contributed by atoms with Crippen LogP contribution in [-0.2, 0) is 26.3 Å². The molecular weight excluding hydrogens is 500 g/mol. The molecule has 2 aromatic rings. The molecule has 36 heavy (non-hydrogen) atoms. The molecule has 1 N–H and O–H groups in total. The summed E-state index contributed by atoms with van der Waals surface area (Å²) in [6.07, 6.45) is 0. The van der Waals surface area contributed by atoms with Crippen molar-refractivity contribution in [2.24, 2.45) is 5.92 Å². The highest BCUT2D eigenvalue weighted by Crippen LogP contribution is 2.26. The number of halogens is 1.